The van der Waals surface area contributed by atoms with Crippen LogP contribution in [0.3, 0.4) is 0 Å². The van der Waals surface area contributed by atoms with Gasteiger partial charge in [0, 0.05) is 23.4 Å². The molecule has 3 rings (SSSR count). The molecule has 0 saturated carbocycles. The lowest BCUT2D eigenvalue weighted by atomic mass is 9.86. The molecule has 2 aliphatic heterocycles. The SMILES string of the molecule is CCS[C@@H]1CC2[C@H](CC)C(=O)N2[C@H]1C(=O)OCc1ccc([N+](=O)[O-])cc1. The summed E-state index contributed by atoms with van der Waals surface area (Å²) in [5.41, 5.74) is 0.675. The first-order valence-corrected chi connectivity index (χ1v) is 9.86. The van der Waals surface area contributed by atoms with Crippen LogP contribution in [0.4, 0.5) is 5.69 Å². The Hall–Kier alpha value is -2.09. The molecule has 2 aliphatic rings. The molecule has 1 unspecified atom stereocenters. The molecular weight excluding hydrogens is 356 g/mol. The molecule has 2 fully saturated rings. The van der Waals surface area contributed by atoms with Gasteiger partial charge < -0.3 is 9.64 Å². The summed E-state index contributed by atoms with van der Waals surface area (Å²) in [5.74, 6) is 0.568. The minimum absolute atomic E-state index is 0.00472. The zero-order chi connectivity index (χ0) is 18.8. The maximum atomic E-state index is 12.7. The summed E-state index contributed by atoms with van der Waals surface area (Å²) < 4.78 is 5.44. The summed E-state index contributed by atoms with van der Waals surface area (Å²) in [6.07, 6.45) is 1.63. The van der Waals surface area contributed by atoms with Crippen LogP contribution in [0.2, 0.25) is 0 Å². The molecule has 0 spiro atoms. The van der Waals surface area contributed by atoms with Crippen LogP contribution in [0.25, 0.3) is 0 Å². The Morgan fingerprint density at radius 3 is 2.62 bits per heavy atom. The normalized spacial score (nSPS) is 27.0. The Labute approximate surface area is 156 Å². The molecule has 8 heteroatoms. The van der Waals surface area contributed by atoms with E-state index in [1.165, 1.54) is 12.1 Å². The monoisotopic (exact) mass is 378 g/mol. The minimum Gasteiger partial charge on any atom is -0.459 e. The van der Waals surface area contributed by atoms with Crippen molar-refractivity contribution in [3.8, 4) is 0 Å². The molecule has 26 heavy (non-hydrogen) atoms. The van der Waals surface area contributed by atoms with Crippen molar-refractivity contribution in [3.05, 3.63) is 39.9 Å². The van der Waals surface area contributed by atoms with Gasteiger partial charge >= 0.3 is 5.97 Å². The maximum absolute atomic E-state index is 12.7. The van der Waals surface area contributed by atoms with Gasteiger partial charge in [0.05, 0.1) is 10.8 Å². The number of nitro groups is 1. The summed E-state index contributed by atoms with van der Waals surface area (Å²) in [6, 6.07) is 5.53. The van der Waals surface area contributed by atoms with Gasteiger partial charge in [0.2, 0.25) is 5.91 Å². The second-order valence-electron chi connectivity index (χ2n) is 6.53. The van der Waals surface area contributed by atoms with Gasteiger partial charge in [-0.2, -0.15) is 11.8 Å². The van der Waals surface area contributed by atoms with Crippen molar-refractivity contribution in [2.24, 2.45) is 5.92 Å². The number of rotatable bonds is 7. The van der Waals surface area contributed by atoms with Crippen LogP contribution in [0, 0.1) is 16.0 Å². The number of nitro benzene ring substituents is 1. The lowest BCUT2D eigenvalue weighted by Crippen LogP contribution is -2.62. The van der Waals surface area contributed by atoms with Crippen molar-refractivity contribution in [3.63, 3.8) is 0 Å². The van der Waals surface area contributed by atoms with Crippen molar-refractivity contribution in [2.75, 3.05) is 5.75 Å². The third-order valence-corrected chi connectivity index (χ3v) is 6.32. The lowest BCUT2D eigenvalue weighted by molar-refractivity contribution is -0.384. The third-order valence-electron chi connectivity index (χ3n) is 5.11. The molecule has 0 bridgehead atoms. The quantitative estimate of drug-likeness (QED) is 0.314. The predicted molar refractivity (Wildman–Crippen MR) is 97.6 cm³/mol. The molecule has 1 amide bonds. The van der Waals surface area contributed by atoms with Crippen LogP contribution >= 0.6 is 11.8 Å². The number of ether oxygens (including phenoxy) is 1. The number of carbonyl (C=O) groups is 2. The molecule has 140 valence electrons. The zero-order valence-corrected chi connectivity index (χ0v) is 15.6. The predicted octanol–water partition coefficient (Wildman–Crippen LogP) is 2.77. The fraction of sp³-hybridized carbons (Fsp3) is 0.556. The van der Waals surface area contributed by atoms with Gasteiger partial charge in [-0.1, -0.05) is 13.8 Å². The van der Waals surface area contributed by atoms with Crippen LogP contribution in [0.15, 0.2) is 24.3 Å². The van der Waals surface area contributed by atoms with Gasteiger partial charge in [0.25, 0.3) is 5.69 Å². The number of hydrogen-bond donors (Lipinski definition) is 0. The molecule has 0 radical (unpaired) electrons. The van der Waals surface area contributed by atoms with E-state index in [2.05, 4.69) is 0 Å². The van der Waals surface area contributed by atoms with Gasteiger partial charge in [-0.3, -0.25) is 14.9 Å². The second kappa shape index (κ2) is 7.65. The molecule has 1 aromatic carbocycles. The Morgan fingerprint density at radius 2 is 2.04 bits per heavy atom. The number of carbonyl (C=O) groups excluding carboxylic acids is 2. The van der Waals surface area contributed by atoms with E-state index in [1.807, 2.05) is 13.8 Å². The number of thioether (sulfide) groups is 1. The molecule has 0 aliphatic carbocycles. The molecular formula is C18H22N2O5S. The van der Waals surface area contributed by atoms with Crippen molar-refractivity contribution < 1.29 is 19.2 Å². The highest BCUT2D eigenvalue weighted by molar-refractivity contribution is 7.99. The third kappa shape index (κ3) is 3.30. The number of nitrogens with zero attached hydrogens (tertiary/aromatic N) is 2. The highest BCUT2D eigenvalue weighted by Gasteiger charge is 2.59. The van der Waals surface area contributed by atoms with E-state index in [0.717, 1.165) is 18.6 Å². The first-order valence-electron chi connectivity index (χ1n) is 8.81. The largest absolute Gasteiger partial charge is 0.459 e. The van der Waals surface area contributed by atoms with Crippen molar-refractivity contribution >= 4 is 29.3 Å². The van der Waals surface area contributed by atoms with E-state index in [-0.39, 0.29) is 41.4 Å². The Balaban J connectivity index is 1.65. The Bertz CT molecular complexity index is 708. The first-order chi connectivity index (χ1) is 12.5. The topological polar surface area (TPSA) is 89.8 Å². The van der Waals surface area contributed by atoms with Crippen molar-refractivity contribution in [2.45, 2.75) is 50.6 Å². The van der Waals surface area contributed by atoms with Crippen LogP contribution in [-0.4, -0.2) is 44.8 Å². The van der Waals surface area contributed by atoms with Gasteiger partial charge in [0.15, 0.2) is 0 Å². The average molecular weight is 378 g/mol. The second-order valence-corrected chi connectivity index (χ2v) is 8.05. The summed E-state index contributed by atoms with van der Waals surface area (Å²) in [7, 11) is 0. The van der Waals surface area contributed by atoms with Crippen molar-refractivity contribution in [1.82, 2.24) is 4.90 Å². The van der Waals surface area contributed by atoms with E-state index in [9.17, 15) is 19.7 Å². The number of non-ortho nitro benzene ring substituents is 1. The Kier molecular flexibility index (Phi) is 5.50. The Morgan fingerprint density at radius 1 is 1.35 bits per heavy atom. The molecule has 4 atom stereocenters. The van der Waals surface area contributed by atoms with Gasteiger partial charge in [-0.25, -0.2) is 4.79 Å². The first kappa shape index (κ1) is 18.7. The summed E-state index contributed by atoms with van der Waals surface area (Å²) in [6.45, 7) is 4.08. The number of β-lactam (4-membered cyclic amide) rings is 1. The number of hydrogen-bond acceptors (Lipinski definition) is 6. The van der Waals surface area contributed by atoms with E-state index in [0.29, 0.717) is 5.56 Å². The van der Waals surface area contributed by atoms with Crippen molar-refractivity contribution in [1.29, 1.82) is 0 Å². The number of amides is 1. The molecule has 0 aromatic heterocycles. The maximum Gasteiger partial charge on any atom is 0.330 e. The lowest BCUT2D eigenvalue weighted by Gasteiger charge is -2.44. The fourth-order valence-electron chi connectivity index (χ4n) is 3.84. The minimum atomic E-state index is -0.529. The van der Waals surface area contributed by atoms with Gasteiger partial charge in [-0.15, -0.1) is 0 Å². The number of fused-ring (bicyclic) bond motifs is 1. The molecule has 0 N–H and O–H groups in total. The molecule has 1 aromatic rings. The number of benzene rings is 1. The molecule has 7 nitrogen and oxygen atoms in total. The highest BCUT2D eigenvalue weighted by atomic mass is 32.2. The van der Waals surface area contributed by atoms with Crippen LogP contribution in [0.5, 0.6) is 0 Å². The summed E-state index contributed by atoms with van der Waals surface area (Å²) >= 11 is 1.69. The van der Waals surface area contributed by atoms with Crippen LogP contribution in [0.1, 0.15) is 32.3 Å². The summed E-state index contributed by atoms with van der Waals surface area (Å²) in [5, 5.41) is 10.8. The van der Waals surface area contributed by atoms with Crippen LogP contribution < -0.4 is 0 Å². The zero-order valence-electron chi connectivity index (χ0n) is 14.8. The van der Waals surface area contributed by atoms with Gasteiger partial charge in [-0.05, 0) is 36.3 Å². The molecule has 2 heterocycles. The average Bonchev–Trinajstić information content (AvgIpc) is 2.95. The van der Waals surface area contributed by atoms with E-state index < -0.39 is 11.0 Å². The summed E-state index contributed by atoms with van der Waals surface area (Å²) in [4.78, 5) is 37.0. The van der Waals surface area contributed by atoms with Gasteiger partial charge in [0.1, 0.15) is 12.6 Å². The standard InChI is InChI=1S/C18H22N2O5S/c1-3-13-14-9-15(26-4-2)16(19(14)17(13)21)18(22)25-10-11-5-7-12(8-6-11)20(23)24/h5-8,13-16H,3-4,9-10H2,1-2H3/t13-,14?,15+,16+/m0/s1. The smallest absolute Gasteiger partial charge is 0.330 e. The van der Waals surface area contributed by atoms with E-state index in [1.54, 1.807) is 28.8 Å². The van der Waals surface area contributed by atoms with E-state index in [4.69, 9.17) is 4.74 Å². The molecule has 2 saturated heterocycles. The van der Waals surface area contributed by atoms with E-state index >= 15 is 0 Å². The fourth-order valence-corrected chi connectivity index (χ4v) is 5.02. The number of esters is 1. The van der Waals surface area contributed by atoms with Crippen LogP contribution in [-0.2, 0) is 20.9 Å². The highest BCUT2D eigenvalue weighted by Crippen LogP contribution is 2.45.